The molecule has 0 amide bonds. The van der Waals surface area contributed by atoms with Crippen molar-refractivity contribution in [3.63, 3.8) is 0 Å². The van der Waals surface area contributed by atoms with E-state index in [9.17, 15) is 0 Å². The molecule has 4 heteroatoms. The van der Waals surface area contributed by atoms with Crippen LogP contribution in [-0.4, -0.2) is 0 Å². The van der Waals surface area contributed by atoms with Crippen LogP contribution in [0, 0.1) is 11.3 Å². The van der Waals surface area contributed by atoms with Gasteiger partial charge in [0, 0.05) is 4.90 Å². The minimum absolute atomic E-state index is 0. The summed E-state index contributed by atoms with van der Waals surface area (Å²) in [5.41, 5.74) is 0.486. The Kier molecular flexibility index (Phi) is 4.36. The molecule has 1 aromatic carbocycles. The lowest BCUT2D eigenvalue weighted by Gasteiger charge is -1.93. The molecule has 0 N–H and O–H groups in total. The summed E-state index contributed by atoms with van der Waals surface area (Å²) in [4.78, 5) is 0.768. The molecule has 11 heavy (non-hydrogen) atoms. The van der Waals surface area contributed by atoms with Crippen LogP contribution in [0.3, 0.4) is 0 Å². The van der Waals surface area contributed by atoms with Gasteiger partial charge in [0.1, 0.15) is 6.07 Å². The van der Waals surface area contributed by atoms with Crippen molar-refractivity contribution in [1.29, 1.82) is 5.26 Å². The Labute approximate surface area is 81.8 Å². The third-order valence-electron chi connectivity index (χ3n) is 1.07. The molecular weight excluding hydrogens is 201 g/mol. The number of nitriles is 1. The fraction of sp³-hybridized carbons (Fsp3) is 0. The van der Waals surface area contributed by atoms with Gasteiger partial charge in [0.15, 0.2) is 0 Å². The Hall–Kier alpha value is -0.360. The van der Waals surface area contributed by atoms with Crippen LogP contribution in [0.15, 0.2) is 23.1 Å². The third-order valence-corrected chi connectivity index (χ3v) is 1.66. The lowest BCUT2D eigenvalue weighted by Crippen LogP contribution is -1.75. The summed E-state index contributed by atoms with van der Waals surface area (Å²) in [7, 11) is 0. The largest absolute Gasteiger partial charge is 0.192 e. The van der Waals surface area contributed by atoms with Crippen LogP contribution in [0.2, 0.25) is 5.02 Å². The molecule has 0 saturated heterocycles. The van der Waals surface area contributed by atoms with E-state index in [0.717, 1.165) is 4.90 Å². The first kappa shape index (κ1) is 10.6. The van der Waals surface area contributed by atoms with Crippen LogP contribution in [0.4, 0.5) is 0 Å². The second-order valence-electron chi connectivity index (χ2n) is 1.78. The molecule has 0 spiro atoms. The summed E-state index contributed by atoms with van der Waals surface area (Å²) in [5, 5.41) is 8.90. The number of nitrogens with zero attached hydrogens (tertiary/aromatic N) is 1. The Balaban J connectivity index is 0.000001000. The fourth-order valence-electron chi connectivity index (χ4n) is 0.595. The standard InChI is InChI=1S/C7H4ClNS.ClH/c8-7-3-6(10)2-1-5(7)4-9;/h1-3,10H;1H. The summed E-state index contributed by atoms with van der Waals surface area (Å²) in [6.07, 6.45) is 0. The van der Waals surface area contributed by atoms with E-state index in [1.54, 1.807) is 18.2 Å². The normalized spacial score (nSPS) is 8.09. The van der Waals surface area contributed by atoms with Crippen molar-refractivity contribution in [2.24, 2.45) is 0 Å². The van der Waals surface area contributed by atoms with Crippen molar-refractivity contribution < 1.29 is 0 Å². The lowest BCUT2D eigenvalue weighted by molar-refractivity contribution is 1.42. The molecule has 0 fully saturated rings. The number of rotatable bonds is 0. The van der Waals surface area contributed by atoms with E-state index in [4.69, 9.17) is 16.9 Å². The third kappa shape index (κ3) is 2.63. The predicted octanol–water partition coefficient (Wildman–Crippen LogP) is 2.92. The molecule has 0 aliphatic carbocycles. The minimum atomic E-state index is 0. The van der Waals surface area contributed by atoms with Gasteiger partial charge in [-0.05, 0) is 18.2 Å². The van der Waals surface area contributed by atoms with Gasteiger partial charge in [0.05, 0.1) is 10.6 Å². The SMILES string of the molecule is Cl.N#Cc1ccc(S)cc1Cl. The highest BCUT2D eigenvalue weighted by Gasteiger charge is 1.96. The maximum atomic E-state index is 8.45. The first-order valence-electron chi connectivity index (χ1n) is 2.62. The van der Waals surface area contributed by atoms with Crippen LogP contribution in [0.1, 0.15) is 5.56 Å². The topological polar surface area (TPSA) is 23.8 Å². The molecule has 1 nitrogen and oxygen atoms in total. The van der Waals surface area contributed by atoms with Gasteiger partial charge < -0.3 is 0 Å². The quantitative estimate of drug-likeness (QED) is 0.648. The summed E-state index contributed by atoms with van der Waals surface area (Å²) in [6, 6.07) is 6.97. The van der Waals surface area contributed by atoms with Gasteiger partial charge in [0.2, 0.25) is 0 Å². The van der Waals surface area contributed by atoms with Crippen molar-refractivity contribution in [2.75, 3.05) is 0 Å². The average Bonchev–Trinajstić information content (AvgIpc) is 1.88. The maximum Gasteiger partial charge on any atom is 0.101 e. The van der Waals surface area contributed by atoms with Gasteiger partial charge in [-0.1, -0.05) is 11.6 Å². The molecule has 0 unspecified atom stereocenters. The van der Waals surface area contributed by atoms with Gasteiger partial charge in [-0.25, -0.2) is 0 Å². The first-order valence-corrected chi connectivity index (χ1v) is 3.45. The molecule has 58 valence electrons. The second-order valence-corrected chi connectivity index (χ2v) is 2.70. The van der Waals surface area contributed by atoms with Crippen LogP contribution in [0.5, 0.6) is 0 Å². The zero-order chi connectivity index (χ0) is 7.56. The number of hydrogen-bond donors (Lipinski definition) is 1. The van der Waals surface area contributed by atoms with Crippen molar-refractivity contribution >= 4 is 36.6 Å². The van der Waals surface area contributed by atoms with Crippen molar-refractivity contribution in [1.82, 2.24) is 0 Å². The monoisotopic (exact) mass is 205 g/mol. The van der Waals surface area contributed by atoms with E-state index in [0.29, 0.717) is 10.6 Å². The Bertz CT molecular complexity index is 293. The number of hydrogen-bond acceptors (Lipinski definition) is 2. The molecule has 0 atom stereocenters. The van der Waals surface area contributed by atoms with Crippen molar-refractivity contribution in [3.8, 4) is 6.07 Å². The average molecular weight is 206 g/mol. The molecule has 0 bridgehead atoms. The summed E-state index contributed by atoms with van der Waals surface area (Å²) in [5.74, 6) is 0. The van der Waals surface area contributed by atoms with Gasteiger partial charge in [0.25, 0.3) is 0 Å². The van der Waals surface area contributed by atoms with Crippen molar-refractivity contribution in [2.45, 2.75) is 4.90 Å². The summed E-state index contributed by atoms with van der Waals surface area (Å²) >= 11 is 9.70. The highest BCUT2D eigenvalue weighted by atomic mass is 35.5. The Morgan fingerprint density at radius 3 is 2.55 bits per heavy atom. The molecule has 0 aliphatic rings. The molecule has 0 aliphatic heterocycles. The van der Waals surface area contributed by atoms with Crippen molar-refractivity contribution in [3.05, 3.63) is 28.8 Å². The summed E-state index contributed by atoms with van der Waals surface area (Å²) < 4.78 is 0. The van der Waals surface area contributed by atoms with Gasteiger partial charge in [-0.3, -0.25) is 0 Å². The van der Waals surface area contributed by atoms with E-state index in [1.807, 2.05) is 6.07 Å². The molecule has 0 aromatic heterocycles. The number of halogens is 2. The number of thiol groups is 1. The van der Waals surface area contributed by atoms with Gasteiger partial charge in [-0.15, -0.1) is 25.0 Å². The lowest BCUT2D eigenvalue weighted by atomic mass is 10.2. The molecule has 0 heterocycles. The minimum Gasteiger partial charge on any atom is -0.192 e. The highest BCUT2D eigenvalue weighted by molar-refractivity contribution is 7.80. The van der Waals surface area contributed by atoms with E-state index < -0.39 is 0 Å². The zero-order valence-corrected chi connectivity index (χ0v) is 7.88. The zero-order valence-electron chi connectivity index (χ0n) is 5.41. The number of benzene rings is 1. The first-order chi connectivity index (χ1) is 4.74. The Morgan fingerprint density at radius 1 is 1.45 bits per heavy atom. The van der Waals surface area contributed by atoms with Gasteiger partial charge >= 0.3 is 0 Å². The maximum absolute atomic E-state index is 8.45. The highest BCUT2D eigenvalue weighted by Crippen LogP contribution is 2.18. The Morgan fingerprint density at radius 2 is 2.09 bits per heavy atom. The van der Waals surface area contributed by atoms with E-state index in [-0.39, 0.29) is 12.4 Å². The molecular formula is C7H5Cl2NS. The van der Waals surface area contributed by atoms with E-state index in [2.05, 4.69) is 12.6 Å². The van der Waals surface area contributed by atoms with E-state index >= 15 is 0 Å². The van der Waals surface area contributed by atoms with Crippen LogP contribution in [0.25, 0.3) is 0 Å². The van der Waals surface area contributed by atoms with Crippen LogP contribution in [-0.2, 0) is 0 Å². The van der Waals surface area contributed by atoms with Crippen LogP contribution >= 0.6 is 36.6 Å². The fourth-order valence-corrected chi connectivity index (χ4v) is 1.10. The smallest absolute Gasteiger partial charge is 0.101 e. The molecule has 0 radical (unpaired) electrons. The molecule has 1 aromatic rings. The van der Waals surface area contributed by atoms with Crippen LogP contribution < -0.4 is 0 Å². The predicted molar refractivity (Wildman–Crippen MR) is 50.7 cm³/mol. The van der Waals surface area contributed by atoms with Gasteiger partial charge in [-0.2, -0.15) is 5.26 Å². The molecule has 1 rings (SSSR count). The molecule has 0 saturated carbocycles. The van der Waals surface area contributed by atoms with E-state index in [1.165, 1.54) is 0 Å². The second kappa shape index (κ2) is 4.50. The summed E-state index contributed by atoms with van der Waals surface area (Å²) in [6.45, 7) is 0.